The molecule has 7 heteroatoms. The number of fused-ring (bicyclic) bond motifs is 3. The fourth-order valence-electron chi connectivity index (χ4n) is 4.14. The summed E-state index contributed by atoms with van der Waals surface area (Å²) in [6.07, 6.45) is 0.895. The minimum atomic E-state index is -0.805. The van der Waals surface area contributed by atoms with Gasteiger partial charge in [0.25, 0.3) is 5.91 Å². The molecule has 2 aliphatic rings. The zero-order chi connectivity index (χ0) is 19.9. The molecule has 1 fully saturated rings. The molecule has 1 saturated heterocycles. The predicted molar refractivity (Wildman–Crippen MR) is 108 cm³/mol. The topological polar surface area (TPSA) is 60.9 Å². The molecular formula is C21H23N3O3S. The van der Waals surface area contributed by atoms with Gasteiger partial charge in [0.05, 0.1) is 17.8 Å². The van der Waals surface area contributed by atoms with Crippen molar-refractivity contribution in [1.29, 1.82) is 0 Å². The van der Waals surface area contributed by atoms with Crippen LogP contribution < -0.4 is 4.90 Å². The van der Waals surface area contributed by atoms with Crippen LogP contribution in [0, 0.1) is 0 Å². The molecule has 0 radical (unpaired) electrons. The minimum Gasteiger partial charge on any atom is -0.336 e. The van der Waals surface area contributed by atoms with E-state index in [1.807, 2.05) is 43.5 Å². The second-order valence-corrected chi connectivity index (χ2v) is 8.37. The summed E-state index contributed by atoms with van der Waals surface area (Å²) >= 11 is 1.61. The number of thiophene rings is 1. The van der Waals surface area contributed by atoms with Crippen molar-refractivity contribution in [2.75, 3.05) is 18.0 Å². The Labute approximate surface area is 168 Å². The number of hydrogen-bond acceptors (Lipinski definition) is 4. The Morgan fingerprint density at radius 1 is 1.21 bits per heavy atom. The molecule has 6 nitrogen and oxygen atoms in total. The van der Waals surface area contributed by atoms with Crippen LogP contribution in [0.25, 0.3) is 0 Å². The molecule has 0 aliphatic carbocycles. The van der Waals surface area contributed by atoms with E-state index in [0.29, 0.717) is 37.2 Å². The molecule has 0 N–H and O–H groups in total. The van der Waals surface area contributed by atoms with Gasteiger partial charge in [-0.15, -0.1) is 11.3 Å². The smallest absolute Gasteiger partial charge is 0.258 e. The highest BCUT2D eigenvalue weighted by molar-refractivity contribution is 7.09. The molecule has 1 atom stereocenters. The van der Waals surface area contributed by atoms with Gasteiger partial charge in [0.1, 0.15) is 12.2 Å². The van der Waals surface area contributed by atoms with E-state index in [4.69, 9.17) is 0 Å². The molecule has 146 valence electrons. The van der Waals surface area contributed by atoms with E-state index in [9.17, 15) is 14.4 Å². The van der Waals surface area contributed by atoms with E-state index in [1.165, 1.54) is 0 Å². The molecule has 4 rings (SSSR count). The molecule has 3 heterocycles. The molecule has 1 aromatic carbocycles. The Bertz CT molecular complexity index is 927. The Balaban J connectivity index is 1.64. The van der Waals surface area contributed by atoms with E-state index < -0.39 is 5.66 Å². The van der Waals surface area contributed by atoms with Crippen LogP contribution in [0.4, 0.5) is 5.69 Å². The van der Waals surface area contributed by atoms with Crippen molar-refractivity contribution < 1.29 is 14.4 Å². The Morgan fingerprint density at radius 3 is 2.71 bits per heavy atom. The van der Waals surface area contributed by atoms with Crippen molar-refractivity contribution in [2.45, 2.75) is 38.9 Å². The average Bonchev–Trinajstić information content (AvgIpc) is 3.31. The summed E-state index contributed by atoms with van der Waals surface area (Å²) in [7, 11) is 0. The zero-order valence-corrected chi connectivity index (χ0v) is 16.9. The molecule has 1 unspecified atom stereocenters. The second kappa shape index (κ2) is 7.05. The lowest BCUT2D eigenvalue weighted by Crippen LogP contribution is -2.64. The first-order valence-electron chi connectivity index (χ1n) is 9.50. The van der Waals surface area contributed by atoms with Crippen molar-refractivity contribution >= 4 is 34.7 Å². The summed E-state index contributed by atoms with van der Waals surface area (Å²) in [5.41, 5.74) is 0.317. The van der Waals surface area contributed by atoms with E-state index in [0.717, 1.165) is 4.88 Å². The zero-order valence-electron chi connectivity index (χ0n) is 16.1. The normalized spacial score (nSPS) is 20.9. The molecule has 2 aliphatic heterocycles. The maximum Gasteiger partial charge on any atom is 0.258 e. The number of likely N-dealkylation sites (N-methyl/N-ethyl adjacent to an activating group) is 1. The molecule has 2 aromatic rings. The highest BCUT2D eigenvalue weighted by Gasteiger charge is 2.53. The van der Waals surface area contributed by atoms with E-state index in [-0.39, 0.29) is 24.3 Å². The number of anilines is 1. The monoisotopic (exact) mass is 397 g/mol. The number of carbonyl (C=O) groups is 3. The van der Waals surface area contributed by atoms with Gasteiger partial charge in [-0.3, -0.25) is 19.3 Å². The second-order valence-electron chi connectivity index (χ2n) is 7.34. The SMILES string of the molecule is CCN(Cc1cccs1)C(=O)CN1C(=O)c2ccccc2N2C(=O)CCC12C. The van der Waals surface area contributed by atoms with E-state index in [2.05, 4.69) is 0 Å². The van der Waals surface area contributed by atoms with Gasteiger partial charge in [0.15, 0.2) is 0 Å². The van der Waals surface area contributed by atoms with Crippen LogP contribution in [-0.4, -0.2) is 46.3 Å². The van der Waals surface area contributed by atoms with Crippen LogP contribution in [0.15, 0.2) is 41.8 Å². The molecule has 0 bridgehead atoms. The Hall–Kier alpha value is -2.67. The molecule has 28 heavy (non-hydrogen) atoms. The standard InChI is InChI=1S/C21H23N3O3S/c1-3-22(13-15-7-6-12-28-15)19(26)14-23-20(27)16-8-4-5-9-17(16)24-18(25)10-11-21(23,24)2/h4-9,12H,3,10-11,13-14H2,1-2H3. The lowest BCUT2D eigenvalue weighted by molar-refractivity contribution is -0.133. The highest BCUT2D eigenvalue weighted by Crippen LogP contribution is 2.43. The van der Waals surface area contributed by atoms with Crippen molar-refractivity contribution in [3.8, 4) is 0 Å². The molecule has 1 aromatic heterocycles. The first-order valence-corrected chi connectivity index (χ1v) is 10.4. The lowest BCUT2D eigenvalue weighted by Gasteiger charge is -2.48. The number of benzene rings is 1. The Morgan fingerprint density at radius 2 is 2.00 bits per heavy atom. The molecular weight excluding hydrogens is 374 g/mol. The quantitative estimate of drug-likeness (QED) is 0.779. The summed E-state index contributed by atoms with van der Waals surface area (Å²) in [5, 5.41) is 1.99. The summed E-state index contributed by atoms with van der Waals surface area (Å²) < 4.78 is 0. The van der Waals surface area contributed by atoms with Gasteiger partial charge >= 0.3 is 0 Å². The van der Waals surface area contributed by atoms with E-state index in [1.54, 1.807) is 38.2 Å². The summed E-state index contributed by atoms with van der Waals surface area (Å²) in [6, 6.07) is 11.1. The van der Waals surface area contributed by atoms with Gasteiger partial charge in [-0.2, -0.15) is 0 Å². The first-order chi connectivity index (χ1) is 13.5. The third-order valence-electron chi connectivity index (χ3n) is 5.70. The van der Waals surface area contributed by atoms with Gasteiger partial charge in [-0.1, -0.05) is 18.2 Å². The van der Waals surface area contributed by atoms with Gasteiger partial charge in [-0.25, -0.2) is 0 Å². The van der Waals surface area contributed by atoms with Crippen LogP contribution in [0.3, 0.4) is 0 Å². The van der Waals surface area contributed by atoms with Gasteiger partial charge in [-0.05, 0) is 43.8 Å². The summed E-state index contributed by atoms with van der Waals surface area (Å²) in [5.74, 6) is -0.306. The van der Waals surface area contributed by atoms with Crippen LogP contribution >= 0.6 is 11.3 Å². The molecule has 0 spiro atoms. The van der Waals surface area contributed by atoms with Gasteiger partial charge in [0.2, 0.25) is 11.8 Å². The van der Waals surface area contributed by atoms with Gasteiger partial charge in [0, 0.05) is 17.8 Å². The lowest BCUT2D eigenvalue weighted by atomic mass is 9.98. The fourth-order valence-corrected chi connectivity index (χ4v) is 4.86. The van der Waals surface area contributed by atoms with Crippen molar-refractivity contribution in [3.63, 3.8) is 0 Å². The third kappa shape index (κ3) is 2.90. The maximum absolute atomic E-state index is 13.3. The number of para-hydroxylation sites is 1. The predicted octanol–water partition coefficient (Wildman–Crippen LogP) is 3.10. The Kier molecular flexibility index (Phi) is 4.71. The van der Waals surface area contributed by atoms with Crippen LogP contribution in [-0.2, 0) is 16.1 Å². The molecule has 0 saturated carbocycles. The summed E-state index contributed by atoms with van der Waals surface area (Å²) in [4.78, 5) is 45.1. The average molecular weight is 398 g/mol. The first kappa shape index (κ1) is 18.7. The van der Waals surface area contributed by atoms with Crippen LogP contribution in [0.1, 0.15) is 41.9 Å². The van der Waals surface area contributed by atoms with E-state index >= 15 is 0 Å². The highest BCUT2D eigenvalue weighted by atomic mass is 32.1. The third-order valence-corrected chi connectivity index (χ3v) is 6.56. The van der Waals surface area contributed by atoms with Crippen molar-refractivity contribution in [3.05, 3.63) is 52.2 Å². The van der Waals surface area contributed by atoms with Gasteiger partial charge < -0.3 is 9.80 Å². The minimum absolute atomic E-state index is 0.00849. The number of rotatable bonds is 5. The van der Waals surface area contributed by atoms with Crippen molar-refractivity contribution in [2.24, 2.45) is 0 Å². The van der Waals surface area contributed by atoms with Crippen molar-refractivity contribution in [1.82, 2.24) is 9.80 Å². The van der Waals surface area contributed by atoms with Crippen LogP contribution in [0.2, 0.25) is 0 Å². The number of nitrogens with zero attached hydrogens (tertiary/aromatic N) is 3. The summed E-state index contributed by atoms with van der Waals surface area (Å²) in [6.45, 7) is 4.88. The largest absolute Gasteiger partial charge is 0.336 e. The van der Waals surface area contributed by atoms with Crippen LogP contribution in [0.5, 0.6) is 0 Å². The fraction of sp³-hybridized carbons (Fsp3) is 0.381. The maximum atomic E-state index is 13.3. The number of carbonyl (C=O) groups excluding carboxylic acids is 3. The number of hydrogen-bond donors (Lipinski definition) is 0. The number of amides is 3. The molecule has 3 amide bonds.